The second kappa shape index (κ2) is 9.10. The third kappa shape index (κ3) is 4.90. The number of aryl methyl sites for hydroxylation is 1. The Kier molecular flexibility index (Phi) is 6.42. The minimum atomic E-state index is -3.10. The lowest BCUT2D eigenvalue weighted by Crippen LogP contribution is -2.41. The van der Waals surface area contributed by atoms with Crippen LogP contribution in [-0.2, 0) is 34.0 Å². The highest BCUT2D eigenvalue weighted by molar-refractivity contribution is 7.91. The van der Waals surface area contributed by atoms with Gasteiger partial charge in [0.05, 0.1) is 24.2 Å². The van der Waals surface area contributed by atoms with E-state index < -0.39 is 9.84 Å². The number of rotatable bonds is 7. The maximum atomic E-state index is 13.5. The van der Waals surface area contributed by atoms with Crippen LogP contribution >= 0.6 is 0 Å². The summed E-state index contributed by atoms with van der Waals surface area (Å²) in [6.07, 6.45) is 3.25. The van der Waals surface area contributed by atoms with E-state index in [0.29, 0.717) is 18.9 Å². The first-order valence-corrected chi connectivity index (χ1v) is 13.2. The molecule has 1 aliphatic heterocycles. The predicted molar refractivity (Wildman–Crippen MR) is 127 cm³/mol. The second-order valence-electron chi connectivity index (χ2n) is 9.10. The molecule has 1 atom stereocenters. The molecule has 4 rings (SSSR count). The van der Waals surface area contributed by atoms with Crippen molar-refractivity contribution in [1.82, 2.24) is 4.90 Å². The Morgan fingerprint density at radius 1 is 1.12 bits per heavy atom. The van der Waals surface area contributed by atoms with Gasteiger partial charge in [-0.15, -0.1) is 0 Å². The lowest BCUT2D eigenvalue weighted by atomic mass is 10.0. The lowest BCUT2D eigenvalue weighted by molar-refractivity contribution is -0.133. The molecule has 1 saturated heterocycles. The first-order chi connectivity index (χ1) is 15.3. The van der Waals surface area contributed by atoms with Crippen molar-refractivity contribution < 1.29 is 17.6 Å². The number of hydrogen-bond donors (Lipinski definition) is 0. The number of nitrogens with zero attached hydrogens (tertiary/aromatic N) is 1. The predicted octanol–water partition coefficient (Wildman–Crippen LogP) is 4.88. The van der Waals surface area contributed by atoms with Crippen molar-refractivity contribution >= 4 is 26.7 Å². The summed E-state index contributed by atoms with van der Waals surface area (Å²) in [6.45, 7) is 6.80. The molecule has 6 heteroatoms. The third-order valence-electron chi connectivity index (χ3n) is 6.44. The van der Waals surface area contributed by atoms with Crippen molar-refractivity contribution in [1.29, 1.82) is 0 Å². The van der Waals surface area contributed by atoms with Crippen molar-refractivity contribution in [3.63, 3.8) is 0 Å². The SMILES string of the molecule is CCc1ccc2occ(CC(=O)N(Cc3ccc(C(C)C)cc3)[C@H]3CCS(=O)(=O)C3)c2c1. The zero-order valence-electron chi connectivity index (χ0n) is 19.0. The van der Waals surface area contributed by atoms with Gasteiger partial charge in [0.25, 0.3) is 0 Å². The zero-order valence-corrected chi connectivity index (χ0v) is 19.8. The van der Waals surface area contributed by atoms with Gasteiger partial charge >= 0.3 is 0 Å². The standard InChI is InChI=1S/C26H31NO4S/c1-4-19-7-10-25-24(13-19)22(16-31-25)14-26(28)27(23-11-12-32(29,30)17-23)15-20-5-8-21(9-6-20)18(2)3/h5-10,13,16,18,23H,4,11-12,14-15,17H2,1-3H3/t23-/m0/s1. The Balaban J connectivity index is 1.60. The first kappa shape index (κ1) is 22.6. The van der Waals surface area contributed by atoms with Gasteiger partial charge in [0.15, 0.2) is 9.84 Å². The van der Waals surface area contributed by atoms with Crippen LogP contribution in [0.3, 0.4) is 0 Å². The molecule has 5 nitrogen and oxygen atoms in total. The molecule has 0 aliphatic carbocycles. The van der Waals surface area contributed by atoms with E-state index >= 15 is 0 Å². The monoisotopic (exact) mass is 453 g/mol. The summed E-state index contributed by atoms with van der Waals surface area (Å²) in [5.74, 6) is 0.547. The number of carbonyl (C=O) groups is 1. The summed E-state index contributed by atoms with van der Waals surface area (Å²) in [5.41, 5.74) is 5.06. The van der Waals surface area contributed by atoms with E-state index in [4.69, 9.17) is 4.42 Å². The Bertz CT molecular complexity index is 1210. The van der Waals surface area contributed by atoms with Crippen LogP contribution < -0.4 is 0 Å². The molecular formula is C26H31NO4S. The van der Waals surface area contributed by atoms with Crippen LogP contribution in [0.5, 0.6) is 0 Å². The summed E-state index contributed by atoms with van der Waals surface area (Å²) in [5, 5.41) is 0.956. The summed E-state index contributed by atoms with van der Waals surface area (Å²) in [7, 11) is -3.10. The average Bonchev–Trinajstić information content (AvgIpc) is 3.34. The van der Waals surface area contributed by atoms with Gasteiger partial charge < -0.3 is 9.32 Å². The smallest absolute Gasteiger partial charge is 0.227 e. The third-order valence-corrected chi connectivity index (χ3v) is 8.19. The fraction of sp³-hybridized carbons (Fsp3) is 0.423. The van der Waals surface area contributed by atoms with Crippen LogP contribution in [0.25, 0.3) is 11.0 Å². The van der Waals surface area contributed by atoms with Crippen molar-refractivity contribution in [2.45, 2.75) is 58.5 Å². The normalized spacial score (nSPS) is 17.8. The number of hydrogen-bond acceptors (Lipinski definition) is 4. The lowest BCUT2D eigenvalue weighted by Gasteiger charge is -2.28. The molecule has 2 heterocycles. The minimum absolute atomic E-state index is 0.0366. The van der Waals surface area contributed by atoms with E-state index in [1.54, 1.807) is 11.2 Å². The van der Waals surface area contributed by atoms with Gasteiger partial charge in [-0.3, -0.25) is 4.79 Å². The van der Waals surface area contributed by atoms with E-state index in [1.165, 1.54) is 11.1 Å². The van der Waals surface area contributed by atoms with Crippen molar-refractivity contribution in [2.24, 2.45) is 0 Å². The largest absolute Gasteiger partial charge is 0.464 e. The average molecular weight is 454 g/mol. The molecule has 1 aromatic heterocycles. The second-order valence-corrected chi connectivity index (χ2v) is 11.3. The molecule has 0 radical (unpaired) electrons. The van der Waals surface area contributed by atoms with Gasteiger partial charge in [-0.05, 0) is 47.6 Å². The van der Waals surface area contributed by atoms with Gasteiger partial charge in [0, 0.05) is 23.5 Å². The highest BCUT2D eigenvalue weighted by atomic mass is 32.2. The Hall–Kier alpha value is -2.60. The molecule has 32 heavy (non-hydrogen) atoms. The van der Waals surface area contributed by atoms with Gasteiger partial charge in [0.2, 0.25) is 5.91 Å². The number of fused-ring (bicyclic) bond motifs is 1. The van der Waals surface area contributed by atoms with Crippen LogP contribution in [0, 0.1) is 0 Å². The number of sulfone groups is 1. The number of amides is 1. The highest BCUT2D eigenvalue weighted by Crippen LogP contribution is 2.26. The number of carbonyl (C=O) groups excluding carboxylic acids is 1. The molecule has 0 bridgehead atoms. The van der Waals surface area contributed by atoms with E-state index in [0.717, 1.165) is 28.5 Å². The molecule has 3 aromatic rings. The first-order valence-electron chi connectivity index (χ1n) is 11.3. The maximum Gasteiger partial charge on any atom is 0.227 e. The van der Waals surface area contributed by atoms with Crippen molar-refractivity contribution in [3.8, 4) is 0 Å². The molecule has 1 fully saturated rings. The maximum absolute atomic E-state index is 13.5. The molecule has 0 saturated carbocycles. The summed E-state index contributed by atoms with van der Waals surface area (Å²) in [6, 6.07) is 14.0. The molecule has 1 aliphatic rings. The molecule has 1 amide bonds. The van der Waals surface area contributed by atoms with E-state index in [9.17, 15) is 13.2 Å². The molecule has 170 valence electrons. The summed E-state index contributed by atoms with van der Waals surface area (Å²) in [4.78, 5) is 15.2. The minimum Gasteiger partial charge on any atom is -0.464 e. The van der Waals surface area contributed by atoms with Gasteiger partial charge in [-0.2, -0.15) is 0 Å². The molecular weight excluding hydrogens is 422 g/mol. The van der Waals surface area contributed by atoms with Crippen molar-refractivity contribution in [2.75, 3.05) is 11.5 Å². The van der Waals surface area contributed by atoms with Crippen LogP contribution in [0.4, 0.5) is 0 Å². The Morgan fingerprint density at radius 2 is 1.84 bits per heavy atom. The topological polar surface area (TPSA) is 67.6 Å². The van der Waals surface area contributed by atoms with Gasteiger partial charge in [-0.1, -0.05) is 51.1 Å². The van der Waals surface area contributed by atoms with Gasteiger partial charge in [-0.25, -0.2) is 8.42 Å². The van der Waals surface area contributed by atoms with Crippen molar-refractivity contribution in [3.05, 3.63) is 71.0 Å². The molecule has 2 aromatic carbocycles. The Labute approximate surface area is 190 Å². The fourth-order valence-corrected chi connectivity index (χ4v) is 6.13. The molecule has 0 N–H and O–H groups in total. The Morgan fingerprint density at radius 3 is 2.47 bits per heavy atom. The van der Waals surface area contributed by atoms with Crippen LogP contribution in [0.1, 0.15) is 55.4 Å². The van der Waals surface area contributed by atoms with Crippen LogP contribution in [-0.4, -0.2) is 36.8 Å². The summed E-state index contributed by atoms with van der Waals surface area (Å²) >= 11 is 0. The molecule has 0 spiro atoms. The van der Waals surface area contributed by atoms with Crippen LogP contribution in [0.2, 0.25) is 0 Å². The fourth-order valence-electron chi connectivity index (χ4n) is 4.40. The van der Waals surface area contributed by atoms with E-state index in [-0.39, 0.29) is 29.9 Å². The van der Waals surface area contributed by atoms with Crippen LogP contribution in [0.15, 0.2) is 53.1 Å². The quantitative estimate of drug-likeness (QED) is 0.511. The number of benzene rings is 2. The van der Waals surface area contributed by atoms with E-state index in [2.05, 4.69) is 39.0 Å². The van der Waals surface area contributed by atoms with Gasteiger partial charge in [0.1, 0.15) is 5.58 Å². The highest BCUT2D eigenvalue weighted by Gasteiger charge is 2.35. The molecule has 0 unspecified atom stereocenters. The summed E-state index contributed by atoms with van der Waals surface area (Å²) < 4.78 is 30.0. The zero-order chi connectivity index (χ0) is 22.9. The van der Waals surface area contributed by atoms with E-state index in [1.807, 2.05) is 24.3 Å². The number of furan rings is 1.